The van der Waals surface area contributed by atoms with Gasteiger partial charge < -0.3 is 26.0 Å². The number of carbonyl (C=O) groups excluding carboxylic acids is 1. The number of phenolic OH excluding ortho intramolecular Hbond substituents is 2. The van der Waals surface area contributed by atoms with Crippen LogP contribution in [0.2, 0.25) is 0 Å². The number of aromatic hydroxyl groups is 2. The summed E-state index contributed by atoms with van der Waals surface area (Å²) in [5.41, 5.74) is 6.48. The van der Waals surface area contributed by atoms with Crippen LogP contribution >= 0.6 is 0 Å². The molecule has 1 fully saturated rings. The molecule has 0 saturated carbocycles. The van der Waals surface area contributed by atoms with Gasteiger partial charge in [-0.3, -0.25) is 9.59 Å². The number of phenols is 2. The molecular formula is C14H18N2O5. The molecule has 1 amide bonds. The minimum Gasteiger partial charge on any atom is -0.504 e. The van der Waals surface area contributed by atoms with Crippen LogP contribution in [0.15, 0.2) is 18.2 Å². The molecule has 1 heterocycles. The van der Waals surface area contributed by atoms with Gasteiger partial charge in [-0.2, -0.15) is 0 Å². The maximum Gasteiger partial charge on any atom is 0.308 e. The van der Waals surface area contributed by atoms with Crippen LogP contribution in [0, 0.1) is 5.92 Å². The van der Waals surface area contributed by atoms with Crippen LogP contribution in [0.25, 0.3) is 0 Å². The lowest BCUT2D eigenvalue weighted by atomic mass is 10.0. The van der Waals surface area contributed by atoms with Crippen molar-refractivity contribution >= 4 is 11.9 Å². The normalized spacial score (nSPS) is 19.5. The van der Waals surface area contributed by atoms with Gasteiger partial charge in [-0.05, 0) is 30.5 Å². The van der Waals surface area contributed by atoms with Gasteiger partial charge in [0.1, 0.15) is 0 Å². The van der Waals surface area contributed by atoms with Crippen molar-refractivity contribution in [3.05, 3.63) is 23.8 Å². The monoisotopic (exact) mass is 294 g/mol. The Kier molecular flexibility index (Phi) is 4.32. The summed E-state index contributed by atoms with van der Waals surface area (Å²) in [5.74, 6) is -2.23. The van der Waals surface area contributed by atoms with Crippen molar-refractivity contribution in [3.63, 3.8) is 0 Å². The Hall–Kier alpha value is -2.28. The number of carboxylic acid groups (broad SMARTS) is 1. The van der Waals surface area contributed by atoms with Crippen LogP contribution in [0.3, 0.4) is 0 Å². The standard InChI is InChI=1S/C14H18N2O5/c15-10(5-8-1-2-11(17)12(18)6-8)13(19)16-4-3-9(7-16)14(20)21/h1-2,6,9-10,17-18H,3-5,7,15H2,(H,20,21)/t9?,10-/m0/s1. The number of amides is 1. The fraction of sp³-hybridized carbons (Fsp3) is 0.429. The predicted molar refractivity (Wildman–Crippen MR) is 73.8 cm³/mol. The summed E-state index contributed by atoms with van der Waals surface area (Å²) >= 11 is 0. The Balaban J connectivity index is 1.96. The Morgan fingerprint density at radius 2 is 2.05 bits per heavy atom. The number of likely N-dealkylation sites (tertiary alicyclic amines) is 1. The van der Waals surface area contributed by atoms with Crippen molar-refractivity contribution in [3.8, 4) is 11.5 Å². The van der Waals surface area contributed by atoms with E-state index in [1.165, 1.54) is 17.0 Å². The maximum absolute atomic E-state index is 12.2. The van der Waals surface area contributed by atoms with E-state index in [4.69, 9.17) is 10.8 Å². The SMILES string of the molecule is N[C@@H](Cc1ccc(O)c(O)c1)C(=O)N1CCC(C(=O)O)C1. The number of benzene rings is 1. The molecular weight excluding hydrogens is 276 g/mol. The molecule has 5 N–H and O–H groups in total. The van der Waals surface area contributed by atoms with Crippen molar-refractivity contribution in [2.45, 2.75) is 18.9 Å². The average Bonchev–Trinajstić information content (AvgIpc) is 2.92. The summed E-state index contributed by atoms with van der Waals surface area (Å²) in [6.45, 7) is 0.576. The molecule has 0 radical (unpaired) electrons. The number of carboxylic acids is 1. The highest BCUT2D eigenvalue weighted by atomic mass is 16.4. The average molecular weight is 294 g/mol. The third-order valence-corrected chi connectivity index (χ3v) is 3.66. The molecule has 21 heavy (non-hydrogen) atoms. The number of hydrogen-bond acceptors (Lipinski definition) is 5. The first kappa shape index (κ1) is 15.1. The zero-order valence-electron chi connectivity index (χ0n) is 11.4. The van der Waals surface area contributed by atoms with Gasteiger partial charge in [0.05, 0.1) is 12.0 Å². The van der Waals surface area contributed by atoms with Crippen LogP contribution in [0.5, 0.6) is 11.5 Å². The lowest BCUT2D eigenvalue weighted by Crippen LogP contribution is -2.44. The summed E-state index contributed by atoms with van der Waals surface area (Å²) in [6.07, 6.45) is 0.648. The second-order valence-corrected chi connectivity index (χ2v) is 5.24. The zero-order chi connectivity index (χ0) is 15.6. The third-order valence-electron chi connectivity index (χ3n) is 3.66. The molecule has 2 rings (SSSR count). The van der Waals surface area contributed by atoms with E-state index in [2.05, 4.69) is 0 Å². The number of aliphatic carboxylic acids is 1. The summed E-state index contributed by atoms with van der Waals surface area (Å²) in [5, 5.41) is 27.6. The van der Waals surface area contributed by atoms with Gasteiger partial charge in [0, 0.05) is 13.1 Å². The highest BCUT2D eigenvalue weighted by Crippen LogP contribution is 2.25. The third kappa shape index (κ3) is 3.43. The Labute approximate surface area is 121 Å². The summed E-state index contributed by atoms with van der Waals surface area (Å²) in [7, 11) is 0. The van der Waals surface area contributed by atoms with E-state index in [-0.39, 0.29) is 30.4 Å². The Bertz CT molecular complexity index is 560. The quantitative estimate of drug-likeness (QED) is 0.575. The molecule has 1 aromatic carbocycles. The number of rotatable bonds is 4. The molecule has 0 aliphatic carbocycles. The number of carbonyl (C=O) groups is 2. The first-order valence-corrected chi connectivity index (χ1v) is 6.66. The minimum absolute atomic E-state index is 0.183. The fourth-order valence-electron chi connectivity index (χ4n) is 2.43. The van der Waals surface area contributed by atoms with E-state index in [9.17, 15) is 19.8 Å². The molecule has 0 bridgehead atoms. The fourth-order valence-corrected chi connectivity index (χ4v) is 2.43. The first-order chi connectivity index (χ1) is 9.88. The van der Waals surface area contributed by atoms with Crippen LogP contribution in [0.4, 0.5) is 0 Å². The molecule has 1 aromatic rings. The van der Waals surface area contributed by atoms with Crippen molar-refractivity contribution in [1.29, 1.82) is 0 Å². The van der Waals surface area contributed by atoms with E-state index < -0.39 is 17.9 Å². The van der Waals surface area contributed by atoms with Crippen LogP contribution in [-0.2, 0) is 16.0 Å². The van der Waals surface area contributed by atoms with Crippen LogP contribution in [-0.4, -0.2) is 51.2 Å². The van der Waals surface area contributed by atoms with E-state index in [1.54, 1.807) is 6.07 Å². The van der Waals surface area contributed by atoms with E-state index in [1.807, 2.05) is 0 Å². The van der Waals surface area contributed by atoms with E-state index in [0.717, 1.165) is 0 Å². The predicted octanol–water partition coefficient (Wildman–Crippen LogP) is -0.0993. The second kappa shape index (κ2) is 6.01. The smallest absolute Gasteiger partial charge is 0.308 e. The molecule has 7 nitrogen and oxygen atoms in total. The molecule has 2 atom stereocenters. The number of nitrogens with zero attached hydrogens (tertiary/aromatic N) is 1. The number of hydrogen-bond donors (Lipinski definition) is 4. The van der Waals surface area contributed by atoms with Crippen molar-refractivity contribution in [1.82, 2.24) is 4.90 Å². The topological polar surface area (TPSA) is 124 Å². The first-order valence-electron chi connectivity index (χ1n) is 6.66. The van der Waals surface area contributed by atoms with E-state index >= 15 is 0 Å². The highest BCUT2D eigenvalue weighted by molar-refractivity contribution is 5.83. The molecule has 1 saturated heterocycles. The lowest BCUT2D eigenvalue weighted by Gasteiger charge is -2.20. The minimum atomic E-state index is -0.901. The molecule has 1 unspecified atom stereocenters. The van der Waals surface area contributed by atoms with Gasteiger partial charge in [0.25, 0.3) is 0 Å². The van der Waals surface area contributed by atoms with Crippen molar-refractivity contribution < 1.29 is 24.9 Å². The molecule has 1 aliphatic rings. The Morgan fingerprint density at radius 3 is 2.62 bits per heavy atom. The van der Waals surface area contributed by atoms with Crippen molar-refractivity contribution in [2.75, 3.05) is 13.1 Å². The Morgan fingerprint density at radius 1 is 1.33 bits per heavy atom. The summed E-state index contributed by atoms with van der Waals surface area (Å²) in [4.78, 5) is 24.5. The second-order valence-electron chi connectivity index (χ2n) is 5.24. The van der Waals surface area contributed by atoms with E-state index in [0.29, 0.717) is 18.5 Å². The van der Waals surface area contributed by atoms with Gasteiger partial charge in [-0.25, -0.2) is 0 Å². The van der Waals surface area contributed by atoms with Gasteiger partial charge >= 0.3 is 5.97 Å². The maximum atomic E-state index is 12.2. The molecule has 7 heteroatoms. The van der Waals surface area contributed by atoms with Crippen LogP contribution in [0.1, 0.15) is 12.0 Å². The lowest BCUT2D eigenvalue weighted by molar-refractivity contribution is -0.141. The summed E-state index contributed by atoms with van der Waals surface area (Å²) < 4.78 is 0. The van der Waals surface area contributed by atoms with Gasteiger partial charge in [-0.1, -0.05) is 6.07 Å². The largest absolute Gasteiger partial charge is 0.504 e. The number of nitrogens with two attached hydrogens (primary N) is 1. The molecule has 0 spiro atoms. The van der Waals surface area contributed by atoms with Crippen LogP contribution < -0.4 is 5.73 Å². The van der Waals surface area contributed by atoms with Gasteiger partial charge in [0.2, 0.25) is 5.91 Å². The molecule has 0 aromatic heterocycles. The summed E-state index contributed by atoms with van der Waals surface area (Å²) in [6, 6.07) is 3.46. The molecule has 1 aliphatic heterocycles. The molecule has 114 valence electrons. The van der Waals surface area contributed by atoms with Gasteiger partial charge in [-0.15, -0.1) is 0 Å². The van der Waals surface area contributed by atoms with Gasteiger partial charge in [0.15, 0.2) is 11.5 Å². The highest BCUT2D eigenvalue weighted by Gasteiger charge is 2.32. The zero-order valence-corrected chi connectivity index (χ0v) is 11.4. The van der Waals surface area contributed by atoms with Crippen molar-refractivity contribution in [2.24, 2.45) is 11.7 Å².